The summed E-state index contributed by atoms with van der Waals surface area (Å²) in [5, 5.41) is -0.482. The highest BCUT2D eigenvalue weighted by atomic mass is 31.1. The van der Waals surface area contributed by atoms with Gasteiger partial charge in [-0.2, -0.15) is 4.89 Å². The summed E-state index contributed by atoms with van der Waals surface area (Å²) in [5.74, 6) is 0. The minimum absolute atomic E-state index is 0.482. The molecule has 1 N–H and O–H groups in total. The molecular formula is C8H12O2P+. The van der Waals surface area contributed by atoms with Gasteiger partial charge in [-0.25, -0.2) is 0 Å². The average molecular weight is 171 g/mol. The smallest absolute Gasteiger partial charge is 0.160 e. The van der Waals surface area contributed by atoms with Crippen LogP contribution >= 0.6 is 8.03 Å². The van der Waals surface area contributed by atoms with Gasteiger partial charge < -0.3 is 0 Å². The van der Waals surface area contributed by atoms with Crippen LogP contribution in [0.25, 0.3) is 0 Å². The summed E-state index contributed by atoms with van der Waals surface area (Å²) in [4.78, 5) is 9.05. The topological polar surface area (TPSA) is 37.3 Å². The van der Waals surface area contributed by atoms with E-state index in [-0.39, 0.29) is 0 Å². The minimum Gasteiger partial charge on any atom is -0.160 e. The normalized spacial score (nSPS) is 30.5. The molecule has 2 unspecified atom stereocenters. The lowest BCUT2D eigenvalue weighted by atomic mass is 9.97. The Hall–Kier alpha value is -0.460. The van der Waals surface area contributed by atoms with Gasteiger partial charge in [0.1, 0.15) is 0 Å². The maximum absolute atomic E-state index is 11.0. The lowest BCUT2D eigenvalue weighted by Gasteiger charge is -2.15. The molecule has 1 aliphatic carbocycles. The van der Waals surface area contributed by atoms with E-state index in [2.05, 4.69) is 0 Å². The van der Waals surface area contributed by atoms with Crippen LogP contribution in [-0.2, 0) is 4.57 Å². The molecule has 0 saturated heterocycles. The molecule has 11 heavy (non-hydrogen) atoms. The molecular weight excluding hydrogens is 159 g/mol. The van der Waals surface area contributed by atoms with Crippen LogP contribution in [0.2, 0.25) is 0 Å². The molecule has 0 heterocycles. The summed E-state index contributed by atoms with van der Waals surface area (Å²) in [6.45, 7) is 1.94. The molecule has 0 aromatic heterocycles. The Labute approximate surface area is 67.5 Å². The fourth-order valence-electron chi connectivity index (χ4n) is 1.19. The second kappa shape index (κ2) is 3.29. The number of allylic oxidation sites excluding steroid dienone is 4. The Morgan fingerprint density at radius 3 is 2.64 bits per heavy atom. The van der Waals surface area contributed by atoms with Crippen LogP contribution in [0.5, 0.6) is 0 Å². The highest BCUT2D eigenvalue weighted by molar-refractivity contribution is 7.40. The van der Waals surface area contributed by atoms with Gasteiger partial charge in [0.15, 0.2) is 0 Å². The molecule has 3 heteroatoms. The van der Waals surface area contributed by atoms with Gasteiger partial charge in [0.05, 0.1) is 0 Å². The van der Waals surface area contributed by atoms with Crippen LogP contribution in [0.4, 0.5) is 0 Å². The Bertz CT molecular complexity index is 220. The van der Waals surface area contributed by atoms with Crippen molar-refractivity contribution < 1.29 is 9.46 Å². The van der Waals surface area contributed by atoms with Crippen molar-refractivity contribution in [2.24, 2.45) is 0 Å². The molecule has 2 atom stereocenters. The zero-order valence-corrected chi connectivity index (χ0v) is 7.42. The van der Waals surface area contributed by atoms with Crippen molar-refractivity contribution in [1.29, 1.82) is 0 Å². The van der Waals surface area contributed by atoms with E-state index in [1.54, 1.807) is 0 Å². The predicted octanol–water partition coefficient (Wildman–Crippen LogP) is 2.39. The third kappa shape index (κ3) is 1.58. The van der Waals surface area contributed by atoms with E-state index in [4.69, 9.17) is 4.89 Å². The van der Waals surface area contributed by atoms with Gasteiger partial charge in [-0.05, 0) is 10.6 Å². The molecule has 0 saturated carbocycles. The molecule has 0 aromatic rings. The molecule has 0 fully saturated rings. The maximum atomic E-state index is 11.0. The Kier molecular flexibility index (Phi) is 2.58. The first-order chi connectivity index (χ1) is 5.21. The molecule has 0 aromatic carbocycles. The first-order valence-electron chi connectivity index (χ1n) is 3.72. The average Bonchev–Trinajstić information content (AvgIpc) is 2.05. The van der Waals surface area contributed by atoms with E-state index in [0.717, 1.165) is 6.42 Å². The molecule has 60 valence electrons. The lowest BCUT2D eigenvalue weighted by Crippen LogP contribution is -2.20. The fraction of sp³-hybridized carbons (Fsp3) is 0.500. The molecule has 0 spiro atoms. The number of rotatable bonds is 2. The molecule has 2 nitrogen and oxygen atoms in total. The van der Waals surface area contributed by atoms with E-state index < -0.39 is 13.2 Å². The van der Waals surface area contributed by atoms with Gasteiger partial charge in [-0.3, -0.25) is 0 Å². The molecule has 0 bridgehead atoms. The molecule has 1 rings (SSSR count). The van der Waals surface area contributed by atoms with Gasteiger partial charge in [0.2, 0.25) is 5.16 Å². The fourth-order valence-corrected chi connectivity index (χ4v) is 1.94. The quantitative estimate of drug-likeness (QED) is 0.647. The van der Waals surface area contributed by atoms with E-state index in [1.807, 2.05) is 31.2 Å². The second-order valence-electron chi connectivity index (χ2n) is 2.72. The van der Waals surface area contributed by atoms with Crippen molar-refractivity contribution in [3.8, 4) is 0 Å². The van der Waals surface area contributed by atoms with Crippen LogP contribution in [0.3, 0.4) is 0 Å². The van der Waals surface area contributed by atoms with Crippen molar-refractivity contribution in [2.75, 3.05) is 0 Å². The van der Waals surface area contributed by atoms with Crippen LogP contribution in [0.1, 0.15) is 19.8 Å². The molecule has 1 aliphatic rings. The molecule has 0 aliphatic heterocycles. The van der Waals surface area contributed by atoms with Gasteiger partial charge >= 0.3 is 8.03 Å². The molecule has 0 amide bonds. The van der Waals surface area contributed by atoms with Crippen LogP contribution in [-0.4, -0.2) is 10.0 Å². The summed E-state index contributed by atoms with van der Waals surface area (Å²) in [5.41, 5.74) is 0. The van der Waals surface area contributed by atoms with Crippen molar-refractivity contribution in [2.45, 2.75) is 24.9 Å². The van der Waals surface area contributed by atoms with Crippen molar-refractivity contribution in [3.05, 3.63) is 24.3 Å². The third-order valence-electron chi connectivity index (χ3n) is 2.12. The van der Waals surface area contributed by atoms with Crippen molar-refractivity contribution >= 4 is 8.03 Å². The van der Waals surface area contributed by atoms with E-state index in [9.17, 15) is 4.57 Å². The van der Waals surface area contributed by atoms with Crippen LogP contribution in [0, 0.1) is 0 Å². The third-order valence-corrected chi connectivity index (χ3v) is 3.53. The first kappa shape index (κ1) is 8.63. The highest BCUT2D eigenvalue weighted by Crippen LogP contribution is 2.43. The van der Waals surface area contributed by atoms with Crippen molar-refractivity contribution in [1.82, 2.24) is 0 Å². The van der Waals surface area contributed by atoms with E-state index >= 15 is 0 Å². The van der Waals surface area contributed by atoms with Gasteiger partial charge in [-0.1, -0.05) is 25.2 Å². The first-order valence-corrected chi connectivity index (χ1v) is 4.93. The highest BCUT2D eigenvalue weighted by Gasteiger charge is 2.44. The lowest BCUT2D eigenvalue weighted by molar-refractivity contribution is 0.462. The van der Waals surface area contributed by atoms with Gasteiger partial charge in [0, 0.05) is 12.8 Å². The summed E-state index contributed by atoms with van der Waals surface area (Å²) in [7, 11) is -2.09. The zero-order valence-electron chi connectivity index (χ0n) is 6.53. The largest absolute Gasteiger partial charge is 0.516 e. The summed E-state index contributed by atoms with van der Waals surface area (Å²) < 4.78 is 11.0. The van der Waals surface area contributed by atoms with Crippen LogP contribution in [0.15, 0.2) is 24.3 Å². The SMILES string of the molecule is CCC1([P+](=O)O)C=CC=CC1. The van der Waals surface area contributed by atoms with Gasteiger partial charge in [-0.15, -0.1) is 0 Å². The van der Waals surface area contributed by atoms with Crippen molar-refractivity contribution in [3.63, 3.8) is 0 Å². The van der Waals surface area contributed by atoms with E-state index in [1.165, 1.54) is 0 Å². The predicted molar refractivity (Wildman–Crippen MR) is 45.7 cm³/mol. The maximum Gasteiger partial charge on any atom is 0.516 e. The number of hydrogen-bond acceptors (Lipinski definition) is 1. The Morgan fingerprint density at radius 1 is 1.64 bits per heavy atom. The number of hydrogen-bond donors (Lipinski definition) is 1. The van der Waals surface area contributed by atoms with Crippen LogP contribution < -0.4 is 0 Å². The second-order valence-corrected chi connectivity index (χ2v) is 4.16. The monoisotopic (exact) mass is 171 g/mol. The van der Waals surface area contributed by atoms with E-state index in [0.29, 0.717) is 6.42 Å². The Morgan fingerprint density at radius 2 is 2.36 bits per heavy atom. The summed E-state index contributed by atoms with van der Waals surface area (Å²) >= 11 is 0. The minimum atomic E-state index is -2.09. The summed E-state index contributed by atoms with van der Waals surface area (Å²) in [6, 6.07) is 0. The summed E-state index contributed by atoms with van der Waals surface area (Å²) in [6.07, 6.45) is 8.94. The molecule has 0 radical (unpaired) electrons. The standard InChI is InChI=1S/C8H11O2P/c1-2-8(11(9)10)6-4-3-5-7-8/h3-6H,2,7H2,1H3/p+1. The Balaban J connectivity index is 2.85. The van der Waals surface area contributed by atoms with Gasteiger partial charge in [0.25, 0.3) is 0 Å². The zero-order chi connectivity index (χ0) is 8.32.